The van der Waals surface area contributed by atoms with Crippen LogP contribution < -0.4 is 10.0 Å². The number of nitrogens with one attached hydrogen (secondary N) is 2. The molecule has 0 spiro atoms. The van der Waals surface area contributed by atoms with E-state index in [0.29, 0.717) is 19.6 Å². The topological polar surface area (TPSA) is 70.7 Å². The van der Waals surface area contributed by atoms with Gasteiger partial charge >= 0.3 is 0 Å². The highest BCUT2D eigenvalue weighted by atomic mass is 32.2. The van der Waals surface area contributed by atoms with Gasteiger partial charge in [-0.25, -0.2) is 4.72 Å². The molecule has 0 aromatic rings. The Labute approximate surface area is 128 Å². The average Bonchev–Trinajstić information content (AvgIpc) is 2.49. The Morgan fingerprint density at radius 3 is 2.71 bits per heavy atom. The van der Waals surface area contributed by atoms with E-state index in [2.05, 4.69) is 10.0 Å². The smallest absolute Gasteiger partial charge is 0.279 e. The normalized spacial score (nSPS) is 28.6. The lowest BCUT2D eigenvalue weighted by molar-refractivity contribution is 0.0122. The first-order valence-electron chi connectivity index (χ1n) is 8.16. The fourth-order valence-electron chi connectivity index (χ4n) is 3.20. The molecule has 2 atom stereocenters. The molecule has 0 aliphatic carbocycles. The molecule has 2 aliphatic heterocycles. The van der Waals surface area contributed by atoms with Crippen molar-refractivity contribution in [1.29, 1.82) is 0 Å². The molecule has 0 amide bonds. The number of likely N-dealkylation sites (N-methyl/N-ethyl adjacent to an activating group) is 1. The fraction of sp³-hybridized carbons (Fsp3) is 1.00. The van der Waals surface area contributed by atoms with Crippen LogP contribution in [0, 0.1) is 0 Å². The maximum absolute atomic E-state index is 12.5. The minimum absolute atomic E-state index is 0.0761. The molecule has 2 rings (SSSR count). The average molecular weight is 319 g/mol. The van der Waals surface area contributed by atoms with E-state index in [0.717, 1.165) is 45.1 Å². The molecule has 7 heteroatoms. The first-order valence-corrected chi connectivity index (χ1v) is 9.60. The third-order valence-electron chi connectivity index (χ3n) is 4.35. The van der Waals surface area contributed by atoms with E-state index < -0.39 is 10.2 Å². The zero-order valence-electron chi connectivity index (χ0n) is 13.0. The van der Waals surface area contributed by atoms with Gasteiger partial charge in [0.2, 0.25) is 0 Å². The molecule has 2 N–H and O–H groups in total. The summed E-state index contributed by atoms with van der Waals surface area (Å²) >= 11 is 0. The van der Waals surface area contributed by atoms with E-state index in [1.807, 2.05) is 7.05 Å². The second-order valence-corrected chi connectivity index (χ2v) is 7.70. The molecule has 0 radical (unpaired) electrons. The van der Waals surface area contributed by atoms with Crippen LogP contribution >= 0.6 is 0 Å². The van der Waals surface area contributed by atoms with E-state index in [1.165, 1.54) is 6.42 Å². The molecule has 0 saturated carbocycles. The van der Waals surface area contributed by atoms with Crippen molar-refractivity contribution in [2.24, 2.45) is 0 Å². The van der Waals surface area contributed by atoms with Gasteiger partial charge in [-0.2, -0.15) is 12.7 Å². The highest BCUT2D eigenvalue weighted by Gasteiger charge is 2.31. The Bertz CT molecular complexity index is 394. The van der Waals surface area contributed by atoms with Gasteiger partial charge in [-0.1, -0.05) is 6.42 Å². The van der Waals surface area contributed by atoms with Crippen molar-refractivity contribution < 1.29 is 13.2 Å². The summed E-state index contributed by atoms with van der Waals surface area (Å²) in [6.45, 7) is 2.62. The third-order valence-corrected chi connectivity index (χ3v) is 6.01. The van der Waals surface area contributed by atoms with Crippen LogP contribution in [0.3, 0.4) is 0 Å². The van der Waals surface area contributed by atoms with Crippen molar-refractivity contribution in [2.75, 3.05) is 33.3 Å². The second-order valence-electron chi connectivity index (χ2n) is 5.99. The fourth-order valence-corrected chi connectivity index (χ4v) is 4.68. The van der Waals surface area contributed by atoms with Gasteiger partial charge in [-0.15, -0.1) is 0 Å². The van der Waals surface area contributed by atoms with Crippen LogP contribution in [0.1, 0.15) is 44.9 Å². The van der Waals surface area contributed by atoms with Crippen LogP contribution in [0.25, 0.3) is 0 Å². The number of nitrogens with zero attached hydrogens (tertiary/aromatic N) is 1. The Morgan fingerprint density at radius 2 is 2.00 bits per heavy atom. The zero-order valence-corrected chi connectivity index (χ0v) is 13.8. The van der Waals surface area contributed by atoms with Gasteiger partial charge in [0.1, 0.15) is 0 Å². The van der Waals surface area contributed by atoms with Gasteiger partial charge in [0.05, 0.1) is 6.10 Å². The van der Waals surface area contributed by atoms with Crippen molar-refractivity contribution in [2.45, 2.75) is 57.1 Å². The predicted octanol–water partition coefficient (Wildman–Crippen LogP) is 0.854. The lowest BCUT2D eigenvalue weighted by Gasteiger charge is -2.34. The van der Waals surface area contributed by atoms with Crippen LogP contribution in [-0.4, -0.2) is 58.2 Å². The van der Waals surface area contributed by atoms with E-state index in [9.17, 15) is 8.42 Å². The van der Waals surface area contributed by atoms with Crippen molar-refractivity contribution in [3.8, 4) is 0 Å². The molecule has 2 heterocycles. The van der Waals surface area contributed by atoms with Crippen molar-refractivity contribution in [1.82, 2.24) is 14.3 Å². The second kappa shape index (κ2) is 8.43. The SMILES string of the molecule is CNCC1CCCCN1S(=O)(=O)NCCC1CCCCO1. The Morgan fingerprint density at radius 1 is 1.19 bits per heavy atom. The first kappa shape index (κ1) is 17.1. The first-order chi connectivity index (χ1) is 10.1. The molecular weight excluding hydrogens is 290 g/mol. The Hall–Kier alpha value is -0.210. The summed E-state index contributed by atoms with van der Waals surface area (Å²) in [7, 11) is -1.50. The summed E-state index contributed by atoms with van der Waals surface area (Å²) in [6, 6.07) is 0.0761. The summed E-state index contributed by atoms with van der Waals surface area (Å²) in [6.07, 6.45) is 7.35. The molecule has 124 valence electrons. The molecule has 0 aromatic carbocycles. The summed E-state index contributed by atoms with van der Waals surface area (Å²) in [4.78, 5) is 0. The Balaban J connectivity index is 1.81. The van der Waals surface area contributed by atoms with Crippen LogP contribution in [-0.2, 0) is 14.9 Å². The predicted molar refractivity (Wildman–Crippen MR) is 83.4 cm³/mol. The van der Waals surface area contributed by atoms with Crippen LogP contribution in [0.15, 0.2) is 0 Å². The maximum atomic E-state index is 12.5. The Kier molecular flexibility index (Phi) is 6.88. The summed E-state index contributed by atoms with van der Waals surface area (Å²) in [5.41, 5.74) is 0. The number of piperidine rings is 1. The molecular formula is C14H29N3O3S. The number of hydrogen-bond donors (Lipinski definition) is 2. The highest BCUT2D eigenvalue weighted by molar-refractivity contribution is 7.87. The van der Waals surface area contributed by atoms with Gasteiger partial charge < -0.3 is 10.1 Å². The van der Waals surface area contributed by atoms with Gasteiger partial charge in [0, 0.05) is 32.3 Å². The lowest BCUT2D eigenvalue weighted by Crippen LogP contribution is -2.52. The van der Waals surface area contributed by atoms with Crippen molar-refractivity contribution in [3.63, 3.8) is 0 Å². The van der Waals surface area contributed by atoms with Crippen LogP contribution in [0.5, 0.6) is 0 Å². The van der Waals surface area contributed by atoms with Gasteiger partial charge in [0.15, 0.2) is 0 Å². The molecule has 0 bridgehead atoms. The number of hydrogen-bond acceptors (Lipinski definition) is 4. The van der Waals surface area contributed by atoms with E-state index in [1.54, 1.807) is 4.31 Å². The lowest BCUT2D eigenvalue weighted by atomic mass is 10.1. The monoisotopic (exact) mass is 319 g/mol. The van der Waals surface area contributed by atoms with Crippen molar-refractivity contribution in [3.05, 3.63) is 0 Å². The maximum Gasteiger partial charge on any atom is 0.279 e. The van der Waals surface area contributed by atoms with Crippen LogP contribution in [0.4, 0.5) is 0 Å². The third kappa shape index (κ3) is 5.17. The summed E-state index contributed by atoms with van der Waals surface area (Å²) in [5, 5.41) is 3.09. The quantitative estimate of drug-likeness (QED) is 0.730. The molecule has 2 saturated heterocycles. The largest absolute Gasteiger partial charge is 0.378 e. The number of ether oxygens (including phenoxy) is 1. The minimum atomic E-state index is -3.37. The van der Waals surface area contributed by atoms with Gasteiger partial charge in [0.25, 0.3) is 10.2 Å². The molecule has 0 aromatic heterocycles. The van der Waals surface area contributed by atoms with E-state index >= 15 is 0 Å². The van der Waals surface area contributed by atoms with E-state index in [-0.39, 0.29) is 12.1 Å². The highest BCUT2D eigenvalue weighted by Crippen LogP contribution is 2.20. The van der Waals surface area contributed by atoms with E-state index in [4.69, 9.17) is 4.74 Å². The summed E-state index contributed by atoms with van der Waals surface area (Å²) in [5.74, 6) is 0. The molecule has 2 unspecified atom stereocenters. The molecule has 6 nitrogen and oxygen atoms in total. The number of rotatable bonds is 7. The minimum Gasteiger partial charge on any atom is -0.378 e. The zero-order chi connectivity index (χ0) is 15.1. The summed E-state index contributed by atoms with van der Waals surface area (Å²) < 4.78 is 34.9. The van der Waals surface area contributed by atoms with Gasteiger partial charge in [-0.3, -0.25) is 0 Å². The van der Waals surface area contributed by atoms with Crippen molar-refractivity contribution >= 4 is 10.2 Å². The molecule has 2 aliphatic rings. The molecule has 2 fully saturated rings. The van der Waals surface area contributed by atoms with Gasteiger partial charge in [-0.05, 0) is 45.6 Å². The van der Waals surface area contributed by atoms with Crippen LogP contribution in [0.2, 0.25) is 0 Å². The standard InChI is InChI=1S/C14H29N3O3S/c1-15-12-13-6-2-4-10-17(13)21(18,19)16-9-8-14-7-3-5-11-20-14/h13-16H,2-12H2,1H3. The molecule has 21 heavy (non-hydrogen) atoms.